The summed E-state index contributed by atoms with van der Waals surface area (Å²) in [5, 5.41) is 0. The van der Waals surface area contributed by atoms with Crippen molar-refractivity contribution in [2.75, 3.05) is 0 Å². The maximum atomic E-state index is 10.0. The van der Waals surface area contributed by atoms with Gasteiger partial charge in [-0.1, -0.05) is 0 Å². The lowest BCUT2D eigenvalue weighted by atomic mass is 10.3. The smallest absolute Gasteiger partial charge is 0.125 e. The van der Waals surface area contributed by atoms with Crippen molar-refractivity contribution in [3.05, 3.63) is 23.8 Å². The zero-order chi connectivity index (χ0) is 7.40. The van der Waals surface area contributed by atoms with E-state index in [2.05, 4.69) is 9.97 Å². The van der Waals surface area contributed by atoms with E-state index in [1.165, 1.54) is 0 Å². The van der Waals surface area contributed by atoms with Crippen molar-refractivity contribution < 1.29 is 4.79 Å². The van der Waals surface area contributed by atoms with Gasteiger partial charge in [0.25, 0.3) is 0 Å². The monoisotopic (exact) mass is 136 g/mol. The Labute approximate surface area is 59.1 Å². The summed E-state index contributed by atoms with van der Waals surface area (Å²) in [5.41, 5.74) is 0.862. The number of carbonyl (C=O) groups is 1. The number of aldehydes is 1. The quantitative estimate of drug-likeness (QED) is 0.557. The first-order chi connectivity index (χ1) is 4.83. The van der Waals surface area contributed by atoms with Crippen LogP contribution in [0, 0.1) is 6.92 Å². The summed E-state index contributed by atoms with van der Waals surface area (Å²) in [6, 6.07) is 0. The largest absolute Gasteiger partial charge is 0.303 e. The molecule has 0 fully saturated rings. The number of aryl methyl sites for hydroxylation is 1. The van der Waals surface area contributed by atoms with Gasteiger partial charge >= 0.3 is 0 Å². The lowest BCUT2D eigenvalue weighted by Crippen LogP contribution is -1.91. The second kappa shape index (κ2) is 3.06. The Morgan fingerprint density at radius 3 is 2.60 bits per heavy atom. The van der Waals surface area contributed by atoms with Crippen LogP contribution in [-0.4, -0.2) is 16.3 Å². The Bertz CT molecular complexity index is 218. The minimum Gasteiger partial charge on any atom is -0.303 e. The third kappa shape index (κ3) is 1.62. The Balaban J connectivity index is 2.78. The molecule has 3 nitrogen and oxygen atoms in total. The molecule has 1 aromatic heterocycles. The fraction of sp³-hybridized carbons (Fsp3) is 0.286. The standard InChI is InChI=1S/C7H8N2O/c1-6-8-4-7(2-3-10)5-9-6/h3-5H,2H2,1H3. The van der Waals surface area contributed by atoms with Crippen LogP contribution >= 0.6 is 0 Å². The molecule has 3 heteroatoms. The van der Waals surface area contributed by atoms with Crippen LogP contribution < -0.4 is 0 Å². The van der Waals surface area contributed by atoms with E-state index >= 15 is 0 Å². The first-order valence-electron chi connectivity index (χ1n) is 3.04. The summed E-state index contributed by atoms with van der Waals surface area (Å²) in [7, 11) is 0. The van der Waals surface area contributed by atoms with Crippen molar-refractivity contribution in [1.82, 2.24) is 9.97 Å². The highest BCUT2D eigenvalue weighted by atomic mass is 16.1. The highest BCUT2D eigenvalue weighted by molar-refractivity contribution is 5.54. The van der Waals surface area contributed by atoms with E-state index < -0.39 is 0 Å². The second-order valence-corrected chi connectivity index (χ2v) is 2.01. The molecular formula is C7H8N2O. The zero-order valence-corrected chi connectivity index (χ0v) is 5.74. The van der Waals surface area contributed by atoms with Crippen LogP contribution in [0.3, 0.4) is 0 Å². The summed E-state index contributed by atoms with van der Waals surface area (Å²) >= 11 is 0. The van der Waals surface area contributed by atoms with Crippen LogP contribution in [0.15, 0.2) is 12.4 Å². The highest BCUT2D eigenvalue weighted by Crippen LogP contribution is 1.93. The fourth-order valence-electron chi connectivity index (χ4n) is 0.621. The van der Waals surface area contributed by atoms with Gasteiger partial charge in [-0.25, -0.2) is 9.97 Å². The summed E-state index contributed by atoms with van der Waals surface area (Å²) < 4.78 is 0. The van der Waals surface area contributed by atoms with Crippen molar-refractivity contribution in [3.8, 4) is 0 Å². The first-order valence-corrected chi connectivity index (χ1v) is 3.04. The second-order valence-electron chi connectivity index (χ2n) is 2.01. The maximum Gasteiger partial charge on any atom is 0.125 e. The topological polar surface area (TPSA) is 42.9 Å². The molecule has 0 amide bonds. The van der Waals surface area contributed by atoms with E-state index in [-0.39, 0.29) is 0 Å². The Morgan fingerprint density at radius 2 is 2.10 bits per heavy atom. The molecule has 0 saturated carbocycles. The van der Waals surface area contributed by atoms with Gasteiger partial charge in [0.05, 0.1) is 0 Å². The summed E-state index contributed by atoms with van der Waals surface area (Å²) in [6.07, 6.45) is 4.57. The lowest BCUT2D eigenvalue weighted by Gasteiger charge is -1.92. The molecule has 0 spiro atoms. The van der Waals surface area contributed by atoms with E-state index in [0.29, 0.717) is 6.42 Å². The van der Waals surface area contributed by atoms with Gasteiger partial charge in [0.1, 0.15) is 12.1 Å². The molecule has 0 atom stereocenters. The molecule has 10 heavy (non-hydrogen) atoms. The predicted octanol–water partition coefficient (Wildman–Crippen LogP) is 0.526. The van der Waals surface area contributed by atoms with Crippen LogP contribution in [0.25, 0.3) is 0 Å². The van der Waals surface area contributed by atoms with Gasteiger partial charge in [-0.15, -0.1) is 0 Å². The Kier molecular flexibility index (Phi) is 2.10. The molecule has 0 aliphatic heterocycles. The number of aromatic nitrogens is 2. The average molecular weight is 136 g/mol. The third-order valence-electron chi connectivity index (χ3n) is 1.15. The molecule has 0 aliphatic rings. The van der Waals surface area contributed by atoms with Crippen molar-refractivity contribution >= 4 is 6.29 Å². The van der Waals surface area contributed by atoms with Crippen LogP contribution in [0.1, 0.15) is 11.4 Å². The van der Waals surface area contributed by atoms with Gasteiger partial charge in [0, 0.05) is 18.8 Å². The van der Waals surface area contributed by atoms with Crippen LogP contribution in [-0.2, 0) is 11.2 Å². The molecule has 1 aromatic rings. The molecule has 1 heterocycles. The van der Waals surface area contributed by atoms with Gasteiger partial charge in [0.2, 0.25) is 0 Å². The van der Waals surface area contributed by atoms with Gasteiger partial charge in [-0.05, 0) is 12.5 Å². The molecule has 1 rings (SSSR count). The molecule has 0 unspecified atom stereocenters. The Morgan fingerprint density at radius 1 is 1.50 bits per heavy atom. The summed E-state index contributed by atoms with van der Waals surface area (Å²) in [4.78, 5) is 17.9. The average Bonchev–Trinajstić information content (AvgIpc) is 1.95. The number of carbonyl (C=O) groups excluding carboxylic acids is 1. The number of hydrogen-bond acceptors (Lipinski definition) is 3. The minimum absolute atomic E-state index is 0.403. The van der Waals surface area contributed by atoms with Crippen molar-refractivity contribution in [1.29, 1.82) is 0 Å². The van der Waals surface area contributed by atoms with E-state index in [9.17, 15) is 4.79 Å². The zero-order valence-electron chi connectivity index (χ0n) is 5.74. The van der Waals surface area contributed by atoms with E-state index in [0.717, 1.165) is 17.7 Å². The maximum absolute atomic E-state index is 10.0. The van der Waals surface area contributed by atoms with Gasteiger partial charge in [-0.2, -0.15) is 0 Å². The van der Waals surface area contributed by atoms with Gasteiger partial charge in [-0.3, -0.25) is 0 Å². The minimum atomic E-state index is 0.403. The molecule has 0 N–H and O–H groups in total. The fourth-order valence-corrected chi connectivity index (χ4v) is 0.621. The van der Waals surface area contributed by atoms with Crippen LogP contribution in [0.2, 0.25) is 0 Å². The summed E-state index contributed by atoms with van der Waals surface area (Å²) in [6.45, 7) is 1.81. The summed E-state index contributed by atoms with van der Waals surface area (Å²) in [5.74, 6) is 0.731. The van der Waals surface area contributed by atoms with E-state index in [1.807, 2.05) is 6.92 Å². The molecule has 0 bridgehead atoms. The number of hydrogen-bond donors (Lipinski definition) is 0. The number of rotatable bonds is 2. The van der Waals surface area contributed by atoms with Crippen molar-refractivity contribution in [2.45, 2.75) is 13.3 Å². The van der Waals surface area contributed by atoms with Gasteiger partial charge < -0.3 is 4.79 Å². The van der Waals surface area contributed by atoms with Gasteiger partial charge in [0.15, 0.2) is 0 Å². The van der Waals surface area contributed by atoms with E-state index in [1.54, 1.807) is 12.4 Å². The van der Waals surface area contributed by atoms with E-state index in [4.69, 9.17) is 0 Å². The van der Waals surface area contributed by atoms with Crippen molar-refractivity contribution in [3.63, 3.8) is 0 Å². The molecular weight excluding hydrogens is 128 g/mol. The SMILES string of the molecule is Cc1ncc(CC=O)cn1. The lowest BCUT2D eigenvalue weighted by molar-refractivity contribution is -0.107. The van der Waals surface area contributed by atoms with Crippen LogP contribution in [0.5, 0.6) is 0 Å². The Hall–Kier alpha value is -1.25. The van der Waals surface area contributed by atoms with Crippen LogP contribution in [0.4, 0.5) is 0 Å². The number of nitrogens with zero attached hydrogens (tertiary/aromatic N) is 2. The highest BCUT2D eigenvalue weighted by Gasteiger charge is 1.90. The molecule has 0 radical (unpaired) electrons. The normalized spacial score (nSPS) is 9.30. The predicted molar refractivity (Wildman–Crippen MR) is 36.5 cm³/mol. The molecule has 0 saturated heterocycles. The first kappa shape index (κ1) is 6.86. The molecule has 52 valence electrons. The molecule has 0 aliphatic carbocycles. The molecule has 0 aromatic carbocycles. The van der Waals surface area contributed by atoms with Crippen molar-refractivity contribution in [2.24, 2.45) is 0 Å². The third-order valence-corrected chi connectivity index (χ3v) is 1.15.